The SMILES string of the molecule is Cc1occc1-c1nnc(SCCCc2nnnn2-c2ccccc2)o1. The zero-order chi connectivity index (χ0) is 17.8. The minimum absolute atomic E-state index is 0.478. The first-order valence-electron chi connectivity index (χ1n) is 8.15. The van der Waals surface area contributed by atoms with Gasteiger partial charge in [-0.15, -0.1) is 15.3 Å². The van der Waals surface area contributed by atoms with Gasteiger partial charge in [0.2, 0.25) is 0 Å². The van der Waals surface area contributed by atoms with E-state index >= 15 is 0 Å². The lowest BCUT2D eigenvalue weighted by Gasteiger charge is -2.03. The number of aromatic nitrogens is 6. The van der Waals surface area contributed by atoms with Gasteiger partial charge in [-0.05, 0) is 42.0 Å². The van der Waals surface area contributed by atoms with Gasteiger partial charge < -0.3 is 8.83 Å². The summed E-state index contributed by atoms with van der Waals surface area (Å²) in [5, 5.41) is 20.6. The van der Waals surface area contributed by atoms with Crippen LogP contribution in [0.5, 0.6) is 0 Å². The summed E-state index contributed by atoms with van der Waals surface area (Å²) in [4.78, 5) is 0. The number of aryl methyl sites for hydroxylation is 2. The molecule has 0 bridgehead atoms. The molecule has 0 amide bonds. The second-order valence-electron chi connectivity index (χ2n) is 5.56. The molecule has 4 aromatic rings. The van der Waals surface area contributed by atoms with E-state index in [1.165, 1.54) is 11.8 Å². The first kappa shape index (κ1) is 16.5. The summed E-state index contributed by atoms with van der Waals surface area (Å²) in [6, 6.07) is 11.7. The number of rotatable bonds is 7. The van der Waals surface area contributed by atoms with Crippen LogP contribution in [0.3, 0.4) is 0 Å². The van der Waals surface area contributed by atoms with Crippen molar-refractivity contribution in [2.24, 2.45) is 0 Å². The molecule has 0 aliphatic carbocycles. The predicted molar refractivity (Wildman–Crippen MR) is 94.9 cm³/mol. The minimum atomic E-state index is 0.478. The highest BCUT2D eigenvalue weighted by atomic mass is 32.2. The van der Waals surface area contributed by atoms with Crippen molar-refractivity contribution in [1.82, 2.24) is 30.4 Å². The second-order valence-corrected chi connectivity index (χ2v) is 6.60. The molecule has 0 aliphatic rings. The fourth-order valence-electron chi connectivity index (χ4n) is 2.50. The molecule has 26 heavy (non-hydrogen) atoms. The largest absolute Gasteiger partial charge is 0.469 e. The molecule has 0 fully saturated rings. The summed E-state index contributed by atoms with van der Waals surface area (Å²) in [5.74, 6) is 2.90. The number of para-hydroxylation sites is 1. The molecule has 0 spiro atoms. The second kappa shape index (κ2) is 7.52. The van der Waals surface area contributed by atoms with Gasteiger partial charge >= 0.3 is 0 Å². The van der Waals surface area contributed by atoms with Crippen LogP contribution in [-0.2, 0) is 6.42 Å². The van der Waals surface area contributed by atoms with Crippen molar-refractivity contribution in [3.8, 4) is 17.1 Å². The number of hydrogen-bond donors (Lipinski definition) is 0. The van der Waals surface area contributed by atoms with Crippen molar-refractivity contribution in [3.05, 3.63) is 54.2 Å². The summed E-state index contributed by atoms with van der Waals surface area (Å²) in [6.07, 6.45) is 3.26. The topological polar surface area (TPSA) is 95.7 Å². The Hall–Kier alpha value is -2.94. The Balaban J connectivity index is 1.32. The maximum absolute atomic E-state index is 5.67. The molecule has 0 saturated carbocycles. The van der Waals surface area contributed by atoms with Crippen LogP contribution >= 0.6 is 11.8 Å². The minimum Gasteiger partial charge on any atom is -0.469 e. The summed E-state index contributed by atoms with van der Waals surface area (Å²) >= 11 is 1.52. The predicted octanol–water partition coefficient (Wildman–Crippen LogP) is 3.34. The quantitative estimate of drug-likeness (QED) is 0.362. The maximum Gasteiger partial charge on any atom is 0.276 e. The van der Waals surface area contributed by atoms with Crippen molar-refractivity contribution in [1.29, 1.82) is 0 Å². The maximum atomic E-state index is 5.67. The Morgan fingerprint density at radius 2 is 1.96 bits per heavy atom. The van der Waals surface area contributed by atoms with Gasteiger partial charge in [-0.25, -0.2) is 0 Å². The average Bonchev–Trinajstić information content (AvgIpc) is 3.40. The third kappa shape index (κ3) is 3.52. The van der Waals surface area contributed by atoms with Gasteiger partial charge in [0.25, 0.3) is 11.1 Å². The van der Waals surface area contributed by atoms with E-state index in [2.05, 4.69) is 25.7 Å². The van der Waals surface area contributed by atoms with Gasteiger partial charge in [0, 0.05) is 12.2 Å². The number of tetrazole rings is 1. The Morgan fingerprint density at radius 1 is 1.08 bits per heavy atom. The lowest BCUT2D eigenvalue weighted by Crippen LogP contribution is -2.03. The van der Waals surface area contributed by atoms with E-state index in [1.54, 1.807) is 10.9 Å². The van der Waals surface area contributed by atoms with Gasteiger partial charge in [-0.1, -0.05) is 30.0 Å². The van der Waals surface area contributed by atoms with Crippen molar-refractivity contribution >= 4 is 11.8 Å². The highest BCUT2D eigenvalue weighted by Crippen LogP contribution is 2.26. The molecular formula is C17H16N6O2S. The summed E-state index contributed by atoms with van der Waals surface area (Å²) in [5.41, 5.74) is 1.78. The zero-order valence-electron chi connectivity index (χ0n) is 14.1. The van der Waals surface area contributed by atoms with Gasteiger partial charge in [0.1, 0.15) is 5.76 Å². The monoisotopic (exact) mass is 368 g/mol. The normalized spacial score (nSPS) is 11.1. The van der Waals surface area contributed by atoms with Gasteiger partial charge in [0.05, 0.1) is 17.5 Å². The van der Waals surface area contributed by atoms with Gasteiger partial charge in [-0.3, -0.25) is 0 Å². The fraction of sp³-hybridized carbons (Fsp3) is 0.235. The van der Waals surface area contributed by atoms with E-state index < -0.39 is 0 Å². The van der Waals surface area contributed by atoms with Crippen LogP contribution in [0.15, 0.2) is 56.7 Å². The Morgan fingerprint density at radius 3 is 2.77 bits per heavy atom. The molecule has 1 aromatic carbocycles. The third-order valence-electron chi connectivity index (χ3n) is 3.80. The summed E-state index contributed by atoms with van der Waals surface area (Å²) < 4.78 is 12.7. The molecule has 132 valence electrons. The standard InChI is InChI=1S/C17H16N6O2S/c1-12-14(9-10-24-12)16-19-20-17(25-16)26-11-5-8-15-18-21-22-23(15)13-6-3-2-4-7-13/h2-4,6-7,9-10H,5,8,11H2,1H3. The van der Waals surface area contributed by atoms with Gasteiger partial charge in [-0.2, -0.15) is 4.68 Å². The first-order chi connectivity index (χ1) is 12.8. The Kier molecular flexibility index (Phi) is 4.78. The zero-order valence-corrected chi connectivity index (χ0v) is 14.9. The summed E-state index contributed by atoms with van der Waals surface area (Å²) in [7, 11) is 0. The smallest absolute Gasteiger partial charge is 0.276 e. The number of furan rings is 1. The average molecular weight is 368 g/mol. The van der Waals surface area contributed by atoms with Gasteiger partial charge in [0.15, 0.2) is 5.82 Å². The Bertz CT molecular complexity index is 978. The molecule has 0 unspecified atom stereocenters. The van der Waals surface area contributed by atoms with E-state index in [0.717, 1.165) is 41.4 Å². The molecule has 3 aromatic heterocycles. The number of hydrogen-bond acceptors (Lipinski definition) is 8. The number of nitrogens with zero attached hydrogens (tertiary/aromatic N) is 6. The summed E-state index contributed by atoms with van der Waals surface area (Å²) in [6.45, 7) is 1.86. The molecule has 9 heteroatoms. The highest BCUT2D eigenvalue weighted by Gasteiger charge is 2.13. The van der Waals surface area contributed by atoms with E-state index in [9.17, 15) is 0 Å². The van der Waals surface area contributed by atoms with Crippen molar-refractivity contribution in [2.45, 2.75) is 25.0 Å². The van der Waals surface area contributed by atoms with Crippen LogP contribution in [0, 0.1) is 6.92 Å². The molecule has 0 N–H and O–H groups in total. The lowest BCUT2D eigenvalue weighted by atomic mass is 10.3. The molecule has 8 nitrogen and oxygen atoms in total. The molecule has 0 aliphatic heterocycles. The molecular weight excluding hydrogens is 352 g/mol. The number of thioether (sulfide) groups is 1. The molecule has 3 heterocycles. The number of benzene rings is 1. The van der Waals surface area contributed by atoms with Crippen LogP contribution in [0.4, 0.5) is 0 Å². The van der Waals surface area contributed by atoms with Crippen molar-refractivity contribution in [3.63, 3.8) is 0 Å². The molecule has 4 rings (SSSR count). The van der Waals surface area contributed by atoms with E-state index in [0.29, 0.717) is 11.1 Å². The van der Waals surface area contributed by atoms with E-state index in [4.69, 9.17) is 8.83 Å². The van der Waals surface area contributed by atoms with E-state index in [1.807, 2.05) is 43.3 Å². The van der Waals surface area contributed by atoms with E-state index in [-0.39, 0.29) is 0 Å². The van der Waals surface area contributed by atoms with Crippen molar-refractivity contribution < 1.29 is 8.83 Å². The third-order valence-corrected chi connectivity index (χ3v) is 4.71. The van der Waals surface area contributed by atoms with Crippen molar-refractivity contribution in [2.75, 3.05) is 5.75 Å². The highest BCUT2D eigenvalue weighted by molar-refractivity contribution is 7.99. The fourth-order valence-corrected chi connectivity index (χ4v) is 3.20. The van der Waals surface area contributed by atoms with Crippen LogP contribution in [0.25, 0.3) is 17.1 Å². The molecule has 0 atom stereocenters. The van der Waals surface area contributed by atoms with Crippen LogP contribution in [-0.4, -0.2) is 36.2 Å². The first-order valence-corrected chi connectivity index (χ1v) is 9.13. The molecule has 0 radical (unpaired) electrons. The van der Waals surface area contributed by atoms with Crippen LogP contribution < -0.4 is 0 Å². The van der Waals surface area contributed by atoms with Crippen LogP contribution in [0.1, 0.15) is 18.0 Å². The van der Waals surface area contributed by atoms with Crippen LogP contribution in [0.2, 0.25) is 0 Å². The Labute approximate surface area is 153 Å². The molecule has 0 saturated heterocycles. The lowest BCUT2D eigenvalue weighted by molar-refractivity contribution is 0.463.